The first-order chi connectivity index (χ1) is 12.8. The number of hydrogen-bond acceptors (Lipinski definition) is 3. The van der Waals surface area contributed by atoms with Crippen molar-refractivity contribution in [2.24, 2.45) is 11.3 Å². The van der Waals surface area contributed by atoms with E-state index in [-0.39, 0.29) is 23.8 Å². The second-order valence-corrected chi connectivity index (χ2v) is 9.45. The quantitative estimate of drug-likeness (QED) is 0.710. The monoisotopic (exact) mass is 436 g/mol. The number of halogens is 1. The van der Waals surface area contributed by atoms with Gasteiger partial charge in [-0.3, -0.25) is 9.59 Å². The van der Waals surface area contributed by atoms with Crippen molar-refractivity contribution in [1.82, 2.24) is 9.80 Å². The Kier molecular flexibility index (Phi) is 6.26. The van der Waals surface area contributed by atoms with E-state index >= 15 is 0 Å². The van der Waals surface area contributed by atoms with Gasteiger partial charge in [0.2, 0.25) is 11.8 Å². The molecule has 3 rings (SSSR count). The van der Waals surface area contributed by atoms with E-state index < -0.39 is 5.41 Å². The Hall–Kier alpha value is -1.40. The number of benzene rings is 1. The fraction of sp³-hybridized carbons (Fsp3) is 0.619. The largest absolute Gasteiger partial charge is 0.370 e. The van der Waals surface area contributed by atoms with Crippen LogP contribution < -0.4 is 0 Å². The van der Waals surface area contributed by atoms with Crippen molar-refractivity contribution in [2.45, 2.75) is 39.7 Å². The third kappa shape index (κ3) is 4.91. The molecule has 2 aliphatic heterocycles. The molecule has 2 fully saturated rings. The zero-order chi connectivity index (χ0) is 19.6. The lowest BCUT2D eigenvalue weighted by atomic mass is 9.90. The minimum Gasteiger partial charge on any atom is -0.370 e. The van der Waals surface area contributed by atoms with Gasteiger partial charge in [0.15, 0.2) is 0 Å². The van der Waals surface area contributed by atoms with Gasteiger partial charge in [0.1, 0.15) is 6.10 Å². The number of ether oxygens (including phenoxy) is 1. The number of piperidine rings is 1. The van der Waals surface area contributed by atoms with Gasteiger partial charge in [0.05, 0.1) is 19.1 Å². The van der Waals surface area contributed by atoms with E-state index in [2.05, 4.69) is 15.9 Å². The molecule has 0 N–H and O–H groups in total. The van der Waals surface area contributed by atoms with Gasteiger partial charge in [-0.1, -0.05) is 48.8 Å². The van der Waals surface area contributed by atoms with Crippen LogP contribution in [0.3, 0.4) is 0 Å². The first-order valence-corrected chi connectivity index (χ1v) is 10.5. The highest BCUT2D eigenvalue weighted by atomic mass is 79.9. The van der Waals surface area contributed by atoms with E-state index in [1.165, 1.54) is 0 Å². The van der Waals surface area contributed by atoms with Crippen LogP contribution in [0.4, 0.5) is 0 Å². The Balaban J connectivity index is 1.64. The zero-order valence-corrected chi connectivity index (χ0v) is 18.0. The number of carbonyl (C=O) groups excluding carboxylic acids is 2. The van der Waals surface area contributed by atoms with Gasteiger partial charge >= 0.3 is 0 Å². The lowest BCUT2D eigenvalue weighted by molar-refractivity contribution is -0.149. The average molecular weight is 437 g/mol. The van der Waals surface area contributed by atoms with Crippen molar-refractivity contribution in [2.75, 3.05) is 32.8 Å². The van der Waals surface area contributed by atoms with E-state index in [0.29, 0.717) is 26.2 Å². The normalized spacial score (nSPS) is 24.0. The van der Waals surface area contributed by atoms with E-state index in [1.54, 1.807) is 0 Å². The van der Waals surface area contributed by atoms with Gasteiger partial charge in [-0.25, -0.2) is 0 Å². The van der Waals surface area contributed by atoms with Gasteiger partial charge in [0.25, 0.3) is 0 Å². The van der Waals surface area contributed by atoms with Crippen molar-refractivity contribution in [1.29, 1.82) is 0 Å². The zero-order valence-electron chi connectivity index (χ0n) is 16.4. The first kappa shape index (κ1) is 20.3. The third-order valence-corrected chi connectivity index (χ3v) is 5.85. The molecule has 0 saturated carbocycles. The minimum atomic E-state index is -0.406. The summed E-state index contributed by atoms with van der Waals surface area (Å²) in [6.07, 6.45) is 1.65. The Bertz CT molecular complexity index is 684. The number of morpholine rings is 1. The van der Waals surface area contributed by atoms with Crippen LogP contribution in [-0.2, 0) is 14.3 Å². The highest BCUT2D eigenvalue weighted by molar-refractivity contribution is 9.10. The molecule has 2 unspecified atom stereocenters. The second-order valence-electron chi connectivity index (χ2n) is 8.54. The van der Waals surface area contributed by atoms with E-state index in [4.69, 9.17) is 4.74 Å². The maximum Gasteiger partial charge on any atom is 0.227 e. The molecule has 2 atom stereocenters. The summed E-state index contributed by atoms with van der Waals surface area (Å²) < 4.78 is 6.93. The highest BCUT2D eigenvalue weighted by Gasteiger charge is 2.36. The van der Waals surface area contributed by atoms with E-state index in [0.717, 1.165) is 29.4 Å². The fourth-order valence-corrected chi connectivity index (χ4v) is 4.09. The standard InChI is InChI=1S/C21H29BrN2O3/c1-21(2,3)20(26)24-10-4-5-16(13-24)19(25)23-11-12-27-18(14-23)15-6-8-17(22)9-7-15/h6-9,16,18H,4-5,10-14H2,1-3H3. The van der Waals surface area contributed by atoms with Crippen LogP contribution in [0.15, 0.2) is 28.7 Å². The Morgan fingerprint density at radius 3 is 2.44 bits per heavy atom. The van der Waals surface area contributed by atoms with Crippen LogP contribution in [0.1, 0.15) is 45.3 Å². The van der Waals surface area contributed by atoms with Gasteiger partial charge in [-0.15, -0.1) is 0 Å². The summed E-state index contributed by atoms with van der Waals surface area (Å²) in [4.78, 5) is 29.5. The molecule has 148 valence electrons. The number of amides is 2. The summed E-state index contributed by atoms with van der Waals surface area (Å²) in [5.74, 6) is 0.190. The molecule has 2 saturated heterocycles. The minimum absolute atomic E-state index is 0.0910. The first-order valence-electron chi connectivity index (χ1n) is 9.71. The predicted octanol–water partition coefficient (Wildman–Crippen LogP) is 3.63. The molecule has 0 aromatic heterocycles. The lowest BCUT2D eigenvalue weighted by Crippen LogP contribution is -2.51. The number of hydrogen-bond donors (Lipinski definition) is 0. The number of carbonyl (C=O) groups is 2. The molecule has 1 aromatic rings. The molecule has 0 radical (unpaired) electrons. The number of rotatable bonds is 2. The molecular weight excluding hydrogens is 408 g/mol. The van der Waals surface area contributed by atoms with Crippen molar-refractivity contribution in [3.63, 3.8) is 0 Å². The molecule has 27 heavy (non-hydrogen) atoms. The van der Waals surface area contributed by atoms with Crippen molar-refractivity contribution in [3.05, 3.63) is 34.3 Å². The maximum absolute atomic E-state index is 13.1. The topological polar surface area (TPSA) is 49.9 Å². The van der Waals surface area contributed by atoms with Crippen molar-refractivity contribution in [3.8, 4) is 0 Å². The highest BCUT2D eigenvalue weighted by Crippen LogP contribution is 2.28. The third-order valence-electron chi connectivity index (χ3n) is 5.32. The molecule has 0 bridgehead atoms. The summed E-state index contributed by atoms with van der Waals surface area (Å²) in [6.45, 7) is 8.84. The summed E-state index contributed by atoms with van der Waals surface area (Å²) >= 11 is 3.45. The predicted molar refractivity (Wildman–Crippen MR) is 108 cm³/mol. The summed E-state index contributed by atoms with van der Waals surface area (Å²) in [6, 6.07) is 8.06. The Morgan fingerprint density at radius 1 is 1.07 bits per heavy atom. The molecule has 2 heterocycles. The molecular formula is C21H29BrN2O3. The molecule has 2 amide bonds. The summed E-state index contributed by atoms with van der Waals surface area (Å²) in [7, 11) is 0. The van der Waals surface area contributed by atoms with Crippen LogP contribution in [0, 0.1) is 11.3 Å². The van der Waals surface area contributed by atoms with Gasteiger partial charge in [-0.05, 0) is 30.5 Å². The summed E-state index contributed by atoms with van der Waals surface area (Å²) in [5, 5.41) is 0. The SMILES string of the molecule is CC(C)(C)C(=O)N1CCCC(C(=O)N2CCOC(c3ccc(Br)cc3)C2)C1. The van der Waals surface area contributed by atoms with Crippen LogP contribution in [-0.4, -0.2) is 54.4 Å². The van der Waals surface area contributed by atoms with Crippen molar-refractivity contribution < 1.29 is 14.3 Å². The molecule has 0 aliphatic carbocycles. The van der Waals surface area contributed by atoms with E-state index in [9.17, 15) is 9.59 Å². The molecule has 6 heteroatoms. The number of nitrogens with zero attached hydrogens (tertiary/aromatic N) is 2. The average Bonchev–Trinajstić information content (AvgIpc) is 2.67. The lowest BCUT2D eigenvalue weighted by Gasteiger charge is -2.39. The van der Waals surface area contributed by atoms with Gasteiger partial charge in [0, 0.05) is 29.5 Å². The summed E-state index contributed by atoms with van der Waals surface area (Å²) in [5.41, 5.74) is 0.681. The smallest absolute Gasteiger partial charge is 0.227 e. The fourth-order valence-electron chi connectivity index (χ4n) is 3.82. The van der Waals surface area contributed by atoms with E-state index in [1.807, 2.05) is 54.8 Å². The Morgan fingerprint density at radius 2 is 1.78 bits per heavy atom. The van der Waals surface area contributed by atoms with Crippen molar-refractivity contribution >= 4 is 27.7 Å². The molecule has 0 spiro atoms. The van der Waals surface area contributed by atoms with Gasteiger partial charge < -0.3 is 14.5 Å². The molecule has 1 aromatic carbocycles. The van der Waals surface area contributed by atoms with Crippen LogP contribution in [0.25, 0.3) is 0 Å². The maximum atomic E-state index is 13.1. The molecule has 2 aliphatic rings. The van der Waals surface area contributed by atoms with Gasteiger partial charge in [-0.2, -0.15) is 0 Å². The van der Waals surface area contributed by atoms with Crippen LogP contribution in [0.5, 0.6) is 0 Å². The van der Waals surface area contributed by atoms with Crippen LogP contribution >= 0.6 is 15.9 Å². The Labute approximate surface area is 170 Å². The molecule has 5 nitrogen and oxygen atoms in total. The number of likely N-dealkylation sites (tertiary alicyclic amines) is 1. The van der Waals surface area contributed by atoms with Crippen LogP contribution in [0.2, 0.25) is 0 Å². The second kappa shape index (κ2) is 8.31.